The topological polar surface area (TPSA) is 226 Å². The summed E-state index contributed by atoms with van der Waals surface area (Å²) in [4.78, 5) is 81.5. The van der Waals surface area contributed by atoms with Crippen molar-refractivity contribution >= 4 is 48.5 Å². The first-order valence-electron chi connectivity index (χ1n) is 15.9. The van der Waals surface area contributed by atoms with Crippen molar-refractivity contribution in [3.8, 4) is 0 Å². The molecule has 0 unspecified atom stereocenters. The molecule has 0 aliphatic heterocycles. The van der Waals surface area contributed by atoms with Crippen LogP contribution in [-0.4, -0.2) is 107 Å². The summed E-state index contributed by atoms with van der Waals surface area (Å²) in [5.74, 6) is -2.19. The lowest BCUT2D eigenvalue weighted by molar-refractivity contribution is -0.166. The van der Waals surface area contributed by atoms with Gasteiger partial charge in [0, 0.05) is 71.9 Å². The Balaban J connectivity index is 2.00. The predicted octanol–water partition coefficient (Wildman–Crippen LogP) is -1.07. The molecule has 0 radical (unpaired) electrons. The van der Waals surface area contributed by atoms with Gasteiger partial charge in [0.1, 0.15) is 7.85 Å². The normalized spacial score (nSPS) is 10.8. The highest BCUT2D eigenvalue weighted by Gasteiger charge is 2.16. The lowest BCUT2D eigenvalue weighted by atomic mass is 9.89. The van der Waals surface area contributed by atoms with Gasteiger partial charge >= 0.3 is 0 Å². The summed E-state index contributed by atoms with van der Waals surface area (Å²) in [6.45, 7) is 2.97. The third-order valence-corrected chi connectivity index (χ3v) is 7.31. The standard InChI is InChI=1S/C29H49BN6O10/c1-21(37)34(44)18-8-2-5-15-31-22(38)11-13-24(40)35(45)19-9-3-6-16-32-23(39)12-14-25(41)36(46)20-10-4-7-17-33-27-26(30)28(42)29(27)43/h33,44-46H,2-20,30H2,1H3,(H,31,38)(H,32,39). The molecule has 1 aromatic carbocycles. The van der Waals surface area contributed by atoms with E-state index < -0.39 is 28.6 Å². The first-order chi connectivity index (χ1) is 21.8. The smallest absolute Gasteiger partial charge is 0.247 e. The van der Waals surface area contributed by atoms with Crippen molar-refractivity contribution < 1.29 is 39.6 Å². The van der Waals surface area contributed by atoms with Crippen molar-refractivity contribution in [2.75, 3.05) is 44.6 Å². The molecule has 0 bridgehead atoms. The maximum Gasteiger partial charge on any atom is 0.247 e. The number of unbranched alkanes of at least 4 members (excludes halogenated alkanes) is 6. The summed E-state index contributed by atoms with van der Waals surface area (Å²) in [6, 6.07) is 0. The van der Waals surface area contributed by atoms with Crippen LogP contribution in [0.1, 0.15) is 90.4 Å². The first kappa shape index (κ1) is 40.2. The monoisotopic (exact) mass is 652 g/mol. The van der Waals surface area contributed by atoms with Crippen molar-refractivity contribution in [2.45, 2.75) is 90.4 Å². The molecule has 0 aliphatic carbocycles. The molecule has 46 heavy (non-hydrogen) atoms. The van der Waals surface area contributed by atoms with E-state index in [1.54, 1.807) is 7.85 Å². The van der Waals surface area contributed by atoms with Crippen LogP contribution in [0.15, 0.2) is 9.59 Å². The van der Waals surface area contributed by atoms with Gasteiger partial charge in [-0.05, 0) is 63.3 Å². The molecule has 0 aromatic heterocycles. The van der Waals surface area contributed by atoms with E-state index in [0.717, 1.165) is 0 Å². The number of rotatable bonds is 25. The molecule has 0 spiro atoms. The number of amides is 5. The molecule has 1 aromatic rings. The van der Waals surface area contributed by atoms with Crippen LogP contribution in [0.4, 0.5) is 5.69 Å². The molecule has 258 valence electrons. The molecule has 0 atom stereocenters. The van der Waals surface area contributed by atoms with E-state index in [4.69, 9.17) is 0 Å². The van der Waals surface area contributed by atoms with Gasteiger partial charge in [0.15, 0.2) is 0 Å². The van der Waals surface area contributed by atoms with Gasteiger partial charge in [0.05, 0.1) is 5.69 Å². The van der Waals surface area contributed by atoms with Gasteiger partial charge in [-0.25, -0.2) is 15.2 Å². The van der Waals surface area contributed by atoms with Crippen LogP contribution in [0.25, 0.3) is 0 Å². The number of carbonyl (C=O) groups excluding carboxylic acids is 5. The molecule has 0 saturated heterocycles. The third kappa shape index (κ3) is 16.5. The average Bonchev–Trinajstić information content (AvgIpc) is 3.03. The second-order valence-corrected chi connectivity index (χ2v) is 11.1. The Bertz CT molecular complexity index is 1210. The van der Waals surface area contributed by atoms with Crippen LogP contribution in [-0.2, 0) is 24.0 Å². The summed E-state index contributed by atoms with van der Waals surface area (Å²) in [5, 5.41) is 39.2. The van der Waals surface area contributed by atoms with Crippen LogP contribution in [0.3, 0.4) is 0 Å². The molecule has 17 heteroatoms. The summed E-state index contributed by atoms with van der Waals surface area (Å²) < 4.78 is 0. The number of nitrogens with zero attached hydrogens (tertiary/aromatic N) is 3. The van der Waals surface area contributed by atoms with Crippen molar-refractivity contribution in [1.29, 1.82) is 0 Å². The number of hydrogen-bond donors (Lipinski definition) is 6. The quantitative estimate of drug-likeness (QED) is 0.0245. The van der Waals surface area contributed by atoms with Crippen molar-refractivity contribution in [3.05, 3.63) is 20.4 Å². The zero-order chi connectivity index (χ0) is 34.5. The number of carbonyl (C=O) groups is 5. The Morgan fingerprint density at radius 3 is 1.41 bits per heavy atom. The maximum absolute atomic E-state index is 12.1. The second-order valence-electron chi connectivity index (χ2n) is 11.1. The molecular weight excluding hydrogens is 603 g/mol. The number of nitrogens with one attached hydrogen (secondary N) is 3. The van der Waals surface area contributed by atoms with Crippen LogP contribution < -0.4 is 32.3 Å². The lowest BCUT2D eigenvalue weighted by Crippen LogP contribution is -2.49. The maximum atomic E-state index is 12.1. The molecule has 0 fully saturated rings. The fraction of sp³-hybridized carbons (Fsp3) is 0.690. The summed E-state index contributed by atoms with van der Waals surface area (Å²) in [6.07, 6.45) is 5.17. The largest absolute Gasteiger partial charge is 0.382 e. The van der Waals surface area contributed by atoms with Gasteiger partial charge in [-0.2, -0.15) is 0 Å². The minimum atomic E-state index is -0.566. The summed E-state index contributed by atoms with van der Waals surface area (Å²) in [7, 11) is 1.59. The average molecular weight is 653 g/mol. The Hall–Kier alpha value is -3.83. The molecule has 16 nitrogen and oxygen atoms in total. The third-order valence-electron chi connectivity index (χ3n) is 7.31. The van der Waals surface area contributed by atoms with Crippen LogP contribution in [0, 0.1) is 0 Å². The minimum Gasteiger partial charge on any atom is -0.382 e. The van der Waals surface area contributed by atoms with Gasteiger partial charge in [-0.1, -0.05) is 0 Å². The fourth-order valence-electron chi connectivity index (χ4n) is 4.36. The Morgan fingerprint density at radius 2 is 1.00 bits per heavy atom. The van der Waals surface area contributed by atoms with E-state index in [1.165, 1.54) is 6.92 Å². The Labute approximate surface area is 269 Å². The molecule has 0 saturated carbocycles. The van der Waals surface area contributed by atoms with Gasteiger partial charge in [0.2, 0.25) is 40.4 Å². The zero-order valence-electron chi connectivity index (χ0n) is 27.0. The Kier molecular flexibility index (Phi) is 19.8. The molecule has 0 heterocycles. The van der Waals surface area contributed by atoms with E-state index in [1.807, 2.05) is 0 Å². The highest BCUT2D eigenvalue weighted by molar-refractivity contribution is 6.36. The van der Waals surface area contributed by atoms with Crippen LogP contribution in [0.5, 0.6) is 0 Å². The summed E-state index contributed by atoms with van der Waals surface area (Å²) in [5.41, 5.74) is -0.177. The fourth-order valence-corrected chi connectivity index (χ4v) is 4.36. The highest BCUT2D eigenvalue weighted by atomic mass is 16.5. The van der Waals surface area contributed by atoms with Crippen molar-refractivity contribution in [2.24, 2.45) is 0 Å². The second kappa shape index (κ2) is 22.6. The van der Waals surface area contributed by atoms with E-state index in [9.17, 15) is 49.2 Å². The van der Waals surface area contributed by atoms with Gasteiger partial charge in [0.25, 0.3) is 0 Å². The molecular formula is C29H49BN6O10. The molecule has 0 aliphatic rings. The van der Waals surface area contributed by atoms with Gasteiger partial charge in [-0.15, -0.1) is 0 Å². The summed E-state index contributed by atoms with van der Waals surface area (Å²) >= 11 is 0. The lowest BCUT2D eigenvalue weighted by Gasteiger charge is -2.15. The van der Waals surface area contributed by atoms with Crippen LogP contribution in [0.2, 0.25) is 0 Å². The van der Waals surface area contributed by atoms with Crippen molar-refractivity contribution in [1.82, 2.24) is 25.8 Å². The molecule has 1 rings (SSSR count). The predicted molar refractivity (Wildman–Crippen MR) is 170 cm³/mol. The minimum absolute atomic E-state index is 0.0572. The SMILES string of the molecule is Bc1c(NCCCCCN(O)C(=O)CCC(=O)NCCCCCN(O)C(=O)CCC(=O)NCCCCCN(O)C(C)=O)c(=O)c1=O. The zero-order valence-corrected chi connectivity index (χ0v) is 27.0. The highest BCUT2D eigenvalue weighted by Crippen LogP contribution is 2.04. The number of anilines is 1. The van der Waals surface area contributed by atoms with E-state index in [2.05, 4.69) is 16.0 Å². The first-order valence-corrected chi connectivity index (χ1v) is 15.9. The van der Waals surface area contributed by atoms with Crippen LogP contribution >= 0.6 is 0 Å². The van der Waals surface area contributed by atoms with Crippen molar-refractivity contribution in [3.63, 3.8) is 0 Å². The van der Waals surface area contributed by atoms with E-state index in [0.29, 0.717) is 104 Å². The van der Waals surface area contributed by atoms with Gasteiger partial charge in [-0.3, -0.25) is 49.2 Å². The number of hydroxylamine groups is 6. The van der Waals surface area contributed by atoms with E-state index >= 15 is 0 Å². The molecule has 5 amide bonds. The Morgan fingerprint density at radius 1 is 0.587 bits per heavy atom. The van der Waals surface area contributed by atoms with E-state index in [-0.39, 0.29) is 57.1 Å². The molecule has 6 N–H and O–H groups in total. The number of hydrogen-bond acceptors (Lipinski definition) is 11. The van der Waals surface area contributed by atoms with Gasteiger partial charge < -0.3 is 16.0 Å².